The average Bonchev–Trinajstić information content (AvgIpc) is 2.47. The van der Waals surface area contributed by atoms with Gasteiger partial charge in [0.05, 0.1) is 6.54 Å². The van der Waals surface area contributed by atoms with E-state index in [1.165, 1.54) is 39.0 Å². The summed E-state index contributed by atoms with van der Waals surface area (Å²) in [4.78, 5) is 19.2. The lowest BCUT2D eigenvalue weighted by molar-refractivity contribution is -0.123. The number of likely N-dealkylation sites (tertiary alicyclic amines) is 1. The summed E-state index contributed by atoms with van der Waals surface area (Å²) in [6, 6.07) is 0.237. The van der Waals surface area contributed by atoms with Crippen molar-refractivity contribution in [3.8, 4) is 0 Å². The molecule has 2 aliphatic heterocycles. The Morgan fingerprint density at radius 3 is 2.00 bits per heavy atom. The summed E-state index contributed by atoms with van der Waals surface area (Å²) in [5.74, 6) is 1.07. The Morgan fingerprint density at radius 1 is 0.955 bits per heavy atom. The van der Waals surface area contributed by atoms with Crippen LogP contribution in [-0.2, 0) is 4.79 Å². The van der Waals surface area contributed by atoms with Crippen LogP contribution in [0, 0.1) is 5.92 Å². The molecule has 1 amide bonds. The molecule has 2 fully saturated rings. The van der Waals surface area contributed by atoms with Gasteiger partial charge in [0.2, 0.25) is 5.91 Å². The number of hydrogen-bond donors (Lipinski definition) is 1. The van der Waals surface area contributed by atoms with Crippen LogP contribution >= 0.6 is 0 Å². The van der Waals surface area contributed by atoms with Gasteiger partial charge >= 0.3 is 0 Å². The van der Waals surface area contributed by atoms with E-state index in [4.69, 9.17) is 0 Å². The van der Waals surface area contributed by atoms with Crippen LogP contribution in [0.5, 0.6) is 0 Å². The number of piperidine rings is 1. The van der Waals surface area contributed by atoms with Crippen LogP contribution in [0.4, 0.5) is 0 Å². The Hall–Kier alpha value is -0.650. The van der Waals surface area contributed by atoms with Gasteiger partial charge in [-0.3, -0.25) is 14.6 Å². The molecule has 0 radical (unpaired) electrons. The molecule has 0 aromatic carbocycles. The number of amides is 1. The van der Waals surface area contributed by atoms with E-state index in [0.717, 1.165) is 32.1 Å². The zero-order valence-corrected chi connectivity index (χ0v) is 14.7. The van der Waals surface area contributed by atoms with Crippen LogP contribution < -0.4 is 5.32 Å². The third-order valence-corrected chi connectivity index (χ3v) is 4.89. The Labute approximate surface area is 136 Å². The highest BCUT2D eigenvalue weighted by atomic mass is 16.2. The predicted molar refractivity (Wildman–Crippen MR) is 91.0 cm³/mol. The van der Waals surface area contributed by atoms with E-state index in [1.54, 1.807) is 0 Å². The Bertz CT molecular complexity index is 332. The Kier molecular flexibility index (Phi) is 7.12. The van der Waals surface area contributed by atoms with E-state index in [0.29, 0.717) is 6.54 Å². The van der Waals surface area contributed by atoms with Crippen molar-refractivity contribution < 1.29 is 4.79 Å². The van der Waals surface area contributed by atoms with Crippen LogP contribution in [0.2, 0.25) is 0 Å². The number of nitrogens with zero attached hydrogens (tertiary/aromatic N) is 3. The summed E-state index contributed by atoms with van der Waals surface area (Å²) in [6.45, 7) is 16.1. The molecule has 0 aromatic rings. The predicted octanol–water partition coefficient (Wildman–Crippen LogP) is 0.861. The number of carbonyl (C=O) groups is 1. The molecule has 5 nitrogen and oxygen atoms in total. The first-order valence-electron chi connectivity index (χ1n) is 8.99. The van der Waals surface area contributed by atoms with Crippen molar-refractivity contribution in [2.24, 2.45) is 5.92 Å². The fourth-order valence-corrected chi connectivity index (χ4v) is 3.31. The molecule has 0 unspecified atom stereocenters. The van der Waals surface area contributed by atoms with Gasteiger partial charge in [0.25, 0.3) is 0 Å². The average molecular weight is 310 g/mol. The molecule has 0 aromatic heterocycles. The number of nitrogens with one attached hydrogen (secondary N) is 1. The maximum absolute atomic E-state index is 11.8. The van der Waals surface area contributed by atoms with Crippen LogP contribution in [0.15, 0.2) is 0 Å². The lowest BCUT2D eigenvalue weighted by atomic mass is 9.99. The summed E-state index contributed by atoms with van der Waals surface area (Å²) in [5.41, 5.74) is 0. The SMILES string of the molecule is CC1CCN(CCN2CCN(CC(=O)NC(C)C)CC2)CC1. The quantitative estimate of drug-likeness (QED) is 0.790. The molecule has 22 heavy (non-hydrogen) atoms. The van der Waals surface area contributed by atoms with Crippen molar-refractivity contribution in [1.29, 1.82) is 0 Å². The fraction of sp³-hybridized carbons (Fsp3) is 0.941. The lowest BCUT2D eigenvalue weighted by Gasteiger charge is -2.36. The van der Waals surface area contributed by atoms with Gasteiger partial charge < -0.3 is 10.2 Å². The zero-order chi connectivity index (χ0) is 15.9. The van der Waals surface area contributed by atoms with Crippen molar-refractivity contribution in [3.63, 3.8) is 0 Å². The van der Waals surface area contributed by atoms with E-state index in [1.807, 2.05) is 13.8 Å². The second-order valence-corrected chi connectivity index (χ2v) is 7.36. The van der Waals surface area contributed by atoms with Crippen molar-refractivity contribution in [2.75, 3.05) is 58.9 Å². The van der Waals surface area contributed by atoms with Crippen LogP contribution in [0.25, 0.3) is 0 Å². The largest absolute Gasteiger partial charge is 0.353 e. The fourth-order valence-electron chi connectivity index (χ4n) is 3.31. The zero-order valence-electron chi connectivity index (χ0n) is 14.7. The molecule has 2 rings (SSSR count). The summed E-state index contributed by atoms with van der Waals surface area (Å²) in [6.07, 6.45) is 2.72. The van der Waals surface area contributed by atoms with Crippen molar-refractivity contribution in [2.45, 2.75) is 39.7 Å². The summed E-state index contributed by atoms with van der Waals surface area (Å²) < 4.78 is 0. The minimum Gasteiger partial charge on any atom is -0.353 e. The van der Waals surface area contributed by atoms with Gasteiger partial charge in [-0.2, -0.15) is 0 Å². The molecule has 0 spiro atoms. The highest BCUT2D eigenvalue weighted by molar-refractivity contribution is 5.78. The maximum atomic E-state index is 11.8. The Balaban J connectivity index is 1.58. The minimum absolute atomic E-state index is 0.158. The molecular weight excluding hydrogens is 276 g/mol. The normalized spacial score (nSPS) is 23.1. The molecule has 2 saturated heterocycles. The number of piperazine rings is 1. The molecule has 0 saturated carbocycles. The first-order valence-corrected chi connectivity index (χ1v) is 8.99. The topological polar surface area (TPSA) is 38.8 Å². The first-order chi connectivity index (χ1) is 10.5. The summed E-state index contributed by atoms with van der Waals surface area (Å²) in [5, 5.41) is 2.97. The highest BCUT2D eigenvalue weighted by Crippen LogP contribution is 2.15. The molecule has 1 N–H and O–H groups in total. The molecular formula is C17H34N4O. The lowest BCUT2D eigenvalue weighted by Crippen LogP contribution is -2.51. The standard InChI is InChI=1S/C17H34N4O/c1-15(2)18-17(22)14-21-12-10-20(11-13-21)9-8-19-6-4-16(3)5-7-19/h15-16H,4-14H2,1-3H3,(H,18,22). The van der Waals surface area contributed by atoms with Gasteiger partial charge in [0.1, 0.15) is 0 Å². The summed E-state index contributed by atoms with van der Waals surface area (Å²) in [7, 11) is 0. The van der Waals surface area contributed by atoms with Gasteiger partial charge in [-0.15, -0.1) is 0 Å². The molecule has 0 bridgehead atoms. The summed E-state index contributed by atoms with van der Waals surface area (Å²) >= 11 is 0. The van der Waals surface area contributed by atoms with E-state index < -0.39 is 0 Å². The molecule has 128 valence electrons. The van der Waals surface area contributed by atoms with E-state index >= 15 is 0 Å². The number of rotatable bonds is 6. The smallest absolute Gasteiger partial charge is 0.234 e. The van der Waals surface area contributed by atoms with Gasteiger partial charge in [-0.05, 0) is 45.7 Å². The second-order valence-electron chi connectivity index (χ2n) is 7.36. The third kappa shape index (κ3) is 6.23. The van der Waals surface area contributed by atoms with Gasteiger partial charge in [-0.25, -0.2) is 0 Å². The molecule has 0 atom stereocenters. The first kappa shape index (κ1) is 17.7. The van der Waals surface area contributed by atoms with Gasteiger partial charge in [-0.1, -0.05) is 6.92 Å². The van der Waals surface area contributed by atoms with Crippen molar-refractivity contribution in [1.82, 2.24) is 20.0 Å². The highest BCUT2D eigenvalue weighted by Gasteiger charge is 2.20. The second kappa shape index (κ2) is 8.85. The maximum Gasteiger partial charge on any atom is 0.234 e. The molecule has 2 heterocycles. The monoisotopic (exact) mass is 310 g/mol. The van der Waals surface area contributed by atoms with Gasteiger partial charge in [0.15, 0.2) is 0 Å². The number of carbonyl (C=O) groups excluding carboxylic acids is 1. The third-order valence-electron chi connectivity index (χ3n) is 4.89. The molecule has 0 aliphatic carbocycles. The van der Waals surface area contributed by atoms with E-state index in [2.05, 4.69) is 26.9 Å². The van der Waals surface area contributed by atoms with Crippen molar-refractivity contribution in [3.05, 3.63) is 0 Å². The van der Waals surface area contributed by atoms with Crippen LogP contribution in [-0.4, -0.2) is 85.6 Å². The molecule has 2 aliphatic rings. The Morgan fingerprint density at radius 2 is 1.45 bits per heavy atom. The van der Waals surface area contributed by atoms with Crippen LogP contribution in [0.3, 0.4) is 0 Å². The van der Waals surface area contributed by atoms with Crippen LogP contribution in [0.1, 0.15) is 33.6 Å². The minimum atomic E-state index is 0.158. The van der Waals surface area contributed by atoms with E-state index in [9.17, 15) is 4.79 Å². The van der Waals surface area contributed by atoms with E-state index in [-0.39, 0.29) is 11.9 Å². The van der Waals surface area contributed by atoms with Crippen molar-refractivity contribution >= 4 is 5.91 Å². The number of hydrogen-bond acceptors (Lipinski definition) is 4. The van der Waals surface area contributed by atoms with Gasteiger partial charge in [0, 0.05) is 45.3 Å². The molecule has 5 heteroatoms.